The van der Waals surface area contributed by atoms with Crippen LogP contribution in [0.2, 0.25) is 0 Å². The van der Waals surface area contributed by atoms with Crippen LogP contribution < -0.4 is 10.6 Å². The van der Waals surface area contributed by atoms with E-state index in [0.717, 1.165) is 22.3 Å². The summed E-state index contributed by atoms with van der Waals surface area (Å²) in [5.74, 6) is -0.938. The number of ether oxygens (including phenoxy) is 2. The monoisotopic (exact) mass is 713 g/mol. The molecule has 1 heterocycles. The molecule has 1 aliphatic heterocycles. The minimum Gasteiger partial charge on any atom is -0.462 e. The highest BCUT2D eigenvalue weighted by Crippen LogP contribution is 2.25. The molecule has 3 aromatic carbocycles. The maximum Gasteiger partial charge on any atom is 0.408 e. The molecule has 0 aliphatic carbocycles. The first-order valence-electron chi connectivity index (χ1n) is 17.1. The number of fused-ring (bicyclic) bond motifs is 1. The lowest BCUT2D eigenvalue weighted by Gasteiger charge is -2.36. The Morgan fingerprint density at radius 1 is 0.863 bits per heavy atom. The number of rotatable bonds is 19. The molecule has 0 radical (unpaired) electrons. The third-order valence-corrected chi connectivity index (χ3v) is 9.70. The molecule has 10 nitrogen and oxygen atoms in total. The van der Waals surface area contributed by atoms with E-state index >= 15 is 0 Å². The highest BCUT2D eigenvalue weighted by Gasteiger charge is 2.32. The number of alkyl carbamates (subject to hydrolysis) is 1. The Morgan fingerprint density at radius 2 is 1.51 bits per heavy atom. The first-order chi connectivity index (χ1) is 24.8. The second kappa shape index (κ2) is 20.7. The van der Waals surface area contributed by atoms with Gasteiger partial charge in [-0.05, 0) is 41.5 Å². The quantitative estimate of drug-likeness (QED) is 0.112. The molecule has 1 aliphatic rings. The molecule has 270 valence electrons. The molecule has 3 aromatic rings. The Hall–Kier alpha value is -4.87. The first kappa shape index (κ1) is 38.9. The molecule has 0 spiro atoms. The molecule has 0 saturated carbocycles. The highest BCUT2D eigenvalue weighted by atomic mass is 32.2. The van der Waals surface area contributed by atoms with Crippen LogP contribution in [-0.4, -0.2) is 71.0 Å². The van der Waals surface area contributed by atoms with Gasteiger partial charge in [-0.3, -0.25) is 9.59 Å². The first-order valence-corrected chi connectivity index (χ1v) is 18.2. The summed E-state index contributed by atoms with van der Waals surface area (Å²) in [5.41, 5.74) is 4.02. The zero-order valence-corrected chi connectivity index (χ0v) is 29.6. The average Bonchev–Trinajstić information content (AvgIpc) is 3.15. The molecule has 0 saturated heterocycles. The van der Waals surface area contributed by atoms with E-state index in [-0.39, 0.29) is 56.9 Å². The Morgan fingerprint density at radius 3 is 2.18 bits per heavy atom. The fourth-order valence-electron chi connectivity index (χ4n) is 5.77. The molecule has 3 N–H and O–H groups in total. The minimum absolute atomic E-state index is 0.0371. The summed E-state index contributed by atoms with van der Waals surface area (Å²) in [5, 5.41) is 15.7. The van der Waals surface area contributed by atoms with Crippen molar-refractivity contribution in [2.45, 2.75) is 62.7 Å². The second-order valence-electron chi connectivity index (χ2n) is 12.4. The van der Waals surface area contributed by atoms with E-state index in [1.807, 2.05) is 84.9 Å². The van der Waals surface area contributed by atoms with Crippen molar-refractivity contribution >= 4 is 35.6 Å². The van der Waals surface area contributed by atoms with E-state index in [4.69, 9.17) is 9.47 Å². The van der Waals surface area contributed by atoms with Crippen molar-refractivity contribution < 1.29 is 33.8 Å². The molecule has 0 unspecified atom stereocenters. The molecule has 11 heteroatoms. The standard InChI is InChI=1S/C40H47N3O7S/c1-3-13-32(22-37(45)43-23-33-20-12-11-19-31(33)21-35(43)24-44)38(46)41-34(28-51-27-30-17-9-6-10-18-30)26-49-39(47)36(14-4-2)42-40(48)50-25-29-15-7-5-8-16-29/h3-12,15-20,32,34-36,44H,1-2,13-14,21-28H2,(H,41,46)(H,42,48)/t32-,34+,35-,36+/m0/s1. The van der Waals surface area contributed by atoms with Crippen LogP contribution in [0.15, 0.2) is 110 Å². The van der Waals surface area contributed by atoms with Crippen LogP contribution in [0, 0.1) is 5.92 Å². The molecule has 4 rings (SSSR count). The number of thioether (sulfide) groups is 1. The molecule has 4 atom stereocenters. The van der Waals surface area contributed by atoms with Gasteiger partial charge in [-0.2, -0.15) is 11.8 Å². The van der Waals surface area contributed by atoms with Crippen molar-refractivity contribution in [1.82, 2.24) is 15.5 Å². The van der Waals surface area contributed by atoms with Gasteiger partial charge in [0, 0.05) is 24.5 Å². The Balaban J connectivity index is 1.39. The van der Waals surface area contributed by atoms with E-state index in [2.05, 4.69) is 23.8 Å². The molecule has 51 heavy (non-hydrogen) atoms. The largest absolute Gasteiger partial charge is 0.462 e. The van der Waals surface area contributed by atoms with Crippen LogP contribution >= 0.6 is 11.8 Å². The number of esters is 1. The van der Waals surface area contributed by atoms with Gasteiger partial charge >= 0.3 is 12.1 Å². The number of aliphatic hydroxyl groups is 1. The SMILES string of the molecule is C=CC[C@@H](CC(=O)N1Cc2ccccc2C[C@H]1CO)C(=O)N[C@H](COC(=O)[C@@H](CC=C)NC(=O)OCc1ccccc1)CSCc1ccccc1. The Labute approximate surface area is 304 Å². The predicted molar refractivity (Wildman–Crippen MR) is 198 cm³/mol. The summed E-state index contributed by atoms with van der Waals surface area (Å²) >= 11 is 1.57. The van der Waals surface area contributed by atoms with Crippen molar-refractivity contribution in [1.29, 1.82) is 0 Å². The summed E-state index contributed by atoms with van der Waals surface area (Å²) in [6.45, 7) is 7.54. The highest BCUT2D eigenvalue weighted by molar-refractivity contribution is 7.98. The summed E-state index contributed by atoms with van der Waals surface area (Å²) < 4.78 is 10.9. The number of aliphatic hydroxyl groups excluding tert-OH is 1. The number of benzene rings is 3. The number of hydrogen-bond donors (Lipinski definition) is 3. The third kappa shape index (κ3) is 12.4. The normalized spacial score (nSPS) is 15.3. The summed E-state index contributed by atoms with van der Waals surface area (Å²) in [7, 11) is 0. The molecule has 0 aromatic heterocycles. The van der Waals surface area contributed by atoms with E-state index in [1.54, 1.807) is 22.7 Å². The topological polar surface area (TPSA) is 134 Å². The lowest BCUT2D eigenvalue weighted by Crippen LogP contribution is -2.49. The predicted octanol–water partition coefficient (Wildman–Crippen LogP) is 5.35. The van der Waals surface area contributed by atoms with Crippen LogP contribution in [0.5, 0.6) is 0 Å². The third-order valence-electron chi connectivity index (χ3n) is 8.52. The van der Waals surface area contributed by atoms with Gasteiger partial charge in [0.1, 0.15) is 19.3 Å². The van der Waals surface area contributed by atoms with E-state index in [0.29, 0.717) is 24.5 Å². The van der Waals surface area contributed by atoms with Crippen LogP contribution in [0.3, 0.4) is 0 Å². The van der Waals surface area contributed by atoms with E-state index in [9.17, 15) is 24.3 Å². The van der Waals surface area contributed by atoms with Crippen molar-refractivity contribution in [2.24, 2.45) is 5.92 Å². The number of carbonyl (C=O) groups excluding carboxylic acids is 4. The van der Waals surface area contributed by atoms with Gasteiger partial charge in [-0.1, -0.05) is 97.1 Å². The summed E-state index contributed by atoms with van der Waals surface area (Å²) in [6.07, 6.45) is 3.16. The van der Waals surface area contributed by atoms with E-state index < -0.39 is 30.1 Å². The van der Waals surface area contributed by atoms with Gasteiger partial charge in [0.15, 0.2) is 0 Å². The molecule has 3 amide bonds. The van der Waals surface area contributed by atoms with Crippen molar-refractivity contribution in [3.05, 3.63) is 132 Å². The van der Waals surface area contributed by atoms with Gasteiger partial charge in [0.05, 0.1) is 24.6 Å². The number of nitrogens with one attached hydrogen (secondary N) is 2. The van der Waals surface area contributed by atoms with Gasteiger partial charge < -0.3 is 30.1 Å². The second-order valence-corrected chi connectivity index (χ2v) is 13.4. The maximum absolute atomic E-state index is 13.7. The smallest absolute Gasteiger partial charge is 0.408 e. The Bertz CT molecular complexity index is 1600. The molecular formula is C40H47N3O7S. The van der Waals surface area contributed by atoms with Gasteiger partial charge in [0.2, 0.25) is 11.8 Å². The fourth-order valence-corrected chi connectivity index (χ4v) is 6.78. The fraction of sp³-hybridized carbons (Fsp3) is 0.350. The van der Waals surface area contributed by atoms with Gasteiger partial charge in [-0.25, -0.2) is 9.59 Å². The zero-order valence-electron chi connectivity index (χ0n) is 28.8. The van der Waals surface area contributed by atoms with Crippen molar-refractivity contribution in [3.63, 3.8) is 0 Å². The minimum atomic E-state index is -1.04. The number of carbonyl (C=O) groups is 4. The van der Waals surface area contributed by atoms with Crippen molar-refractivity contribution in [3.8, 4) is 0 Å². The molecular weight excluding hydrogens is 667 g/mol. The van der Waals surface area contributed by atoms with Crippen LogP contribution in [-0.2, 0) is 49.2 Å². The van der Waals surface area contributed by atoms with Crippen molar-refractivity contribution in [2.75, 3.05) is 19.0 Å². The van der Waals surface area contributed by atoms with Crippen LogP contribution in [0.25, 0.3) is 0 Å². The maximum atomic E-state index is 13.7. The molecule has 0 fully saturated rings. The molecule has 0 bridgehead atoms. The number of amides is 3. The lowest BCUT2D eigenvalue weighted by molar-refractivity contribution is -0.147. The Kier molecular flexibility index (Phi) is 15.8. The van der Waals surface area contributed by atoms with E-state index in [1.165, 1.54) is 6.08 Å². The lowest BCUT2D eigenvalue weighted by atomic mass is 9.92. The zero-order chi connectivity index (χ0) is 36.4. The summed E-state index contributed by atoms with van der Waals surface area (Å²) in [4.78, 5) is 54.7. The van der Waals surface area contributed by atoms with Crippen LogP contribution in [0.1, 0.15) is 41.5 Å². The van der Waals surface area contributed by atoms with Crippen LogP contribution in [0.4, 0.5) is 4.79 Å². The summed E-state index contributed by atoms with van der Waals surface area (Å²) in [6, 6.07) is 24.8. The van der Waals surface area contributed by atoms with Gasteiger partial charge in [0.25, 0.3) is 0 Å². The van der Waals surface area contributed by atoms with Gasteiger partial charge in [-0.15, -0.1) is 13.2 Å². The number of nitrogens with zero attached hydrogens (tertiary/aromatic N) is 1. The number of allylic oxidation sites excluding steroid dienone is 1. The number of hydrogen-bond acceptors (Lipinski definition) is 8. The average molecular weight is 714 g/mol.